The third kappa shape index (κ3) is 1.80. The summed E-state index contributed by atoms with van der Waals surface area (Å²) in [5.41, 5.74) is 7.32. The van der Waals surface area contributed by atoms with E-state index in [-0.39, 0.29) is 0 Å². The second kappa shape index (κ2) is 4.46. The van der Waals surface area contributed by atoms with Crippen molar-refractivity contribution in [2.24, 2.45) is 0 Å². The minimum atomic E-state index is -0.430. The van der Waals surface area contributed by atoms with Crippen molar-refractivity contribution in [2.45, 2.75) is 32.7 Å². The fourth-order valence-electron chi connectivity index (χ4n) is 2.33. The lowest BCUT2D eigenvalue weighted by Crippen LogP contribution is -2.03. The molecule has 19 heavy (non-hydrogen) atoms. The van der Waals surface area contributed by atoms with Crippen molar-refractivity contribution in [2.75, 3.05) is 5.73 Å². The molecular formula is C13H16N4O2. The number of hydrogen-bond donors (Lipinski definition) is 2. The Bertz CT molecular complexity index is 781. The number of aryl methyl sites for hydroxylation is 1. The summed E-state index contributed by atoms with van der Waals surface area (Å²) in [6.45, 7) is 3.02. The molecule has 0 aliphatic heterocycles. The van der Waals surface area contributed by atoms with Gasteiger partial charge in [-0.1, -0.05) is 19.8 Å². The van der Waals surface area contributed by atoms with Gasteiger partial charge in [0.25, 0.3) is 0 Å². The topological polar surface area (TPSA) is 89.8 Å². The Balaban J connectivity index is 2.15. The lowest BCUT2D eigenvalue weighted by atomic mass is 10.2. The van der Waals surface area contributed by atoms with Crippen LogP contribution in [-0.4, -0.2) is 14.8 Å². The summed E-state index contributed by atoms with van der Waals surface area (Å²) < 4.78 is 6.81. The fraction of sp³-hybridized carbons (Fsp3) is 0.385. The Morgan fingerprint density at radius 2 is 2.32 bits per heavy atom. The Kier molecular flexibility index (Phi) is 2.77. The molecule has 0 spiro atoms. The van der Waals surface area contributed by atoms with E-state index in [0.29, 0.717) is 16.6 Å². The molecule has 6 heteroatoms. The van der Waals surface area contributed by atoms with E-state index in [1.54, 1.807) is 6.20 Å². The van der Waals surface area contributed by atoms with Crippen molar-refractivity contribution >= 4 is 27.6 Å². The molecule has 3 N–H and O–H groups in total. The molecule has 3 aromatic heterocycles. The normalized spacial score (nSPS) is 11.6. The zero-order valence-electron chi connectivity index (χ0n) is 10.8. The van der Waals surface area contributed by atoms with Gasteiger partial charge in [0, 0.05) is 12.7 Å². The molecule has 3 aromatic rings. The predicted octanol–water partition coefficient (Wildman–Crippen LogP) is 2.24. The number of nitrogens with one attached hydrogen (secondary N) is 1. The number of unbranched alkanes of at least 4 members (excludes halogenated alkanes) is 2. The molecule has 0 bridgehead atoms. The highest BCUT2D eigenvalue weighted by Crippen LogP contribution is 2.26. The van der Waals surface area contributed by atoms with Crippen LogP contribution in [0.1, 0.15) is 26.2 Å². The largest absolute Gasteiger partial charge is 0.428 e. The summed E-state index contributed by atoms with van der Waals surface area (Å²) in [5.74, 6) is 0. The first-order valence-corrected chi connectivity index (χ1v) is 6.47. The molecule has 0 unspecified atom stereocenters. The van der Waals surface area contributed by atoms with Gasteiger partial charge in [0.05, 0.1) is 11.1 Å². The number of H-pyrrole nitrogens is 1. The van der Waals surface area contributed by atoms with Crippen LogP contribution in [0.25, 0.3) is 21.9 Å². The van der Waals surface area contributed by atoms with Crippen molar-refractivity contribution in [1.29, 1.82) is 0 Å². The summed E-state index contributed by atoms with van der Waals surface area (Å²) in [7, 11) is 0. The van der Waals surface area contributed by atoms with Gasteiger partial charge in [-0.3, -0.25) is 4.68 Å². The minimum Gasteiger partial charge on any atom is -0.428 e. The first-order chi connectivity index (χ1) is 9.22. The van der Waals surface area contributed by atoms with Crippen LogP contribution in [0, 0.1) is 0 Å². The van der Waals surface area contributed by atoms with E-state index >= 15 is 0 Å². The molecular weight excluding hydrogens is 244 g/mol. The number of pyridine rings is 1. The van der Waals surface area contributed by atoms with Crippen LogP contribution in [0.2, 0.25) is 0 Å². The van der Waals surface area contributed by atoms with Crippen LogP contribution in [-0.2, 0) is 6.54 Å². The number of nitrogen functional groups attached to an aromatic ring is 1. The number of fused-ring (bicyclic) bond motifs is 2. The van der Waals surface area contributed by atoms with Crippen LogP contribution in [0.15, 0.2) is 21.7 Å². The number of nitrogens with zero attached hydrogens (tertiary/aromatic N) is 2. The maximum absolute atomic E-state index is 11.6. The van der Waals surface area contributed by atoms with Crippen molar-refractivity contribution in [3.8, 4) is 0 Å². The maximum atomic E-state index is 11.6. The molecule has 3 heterocycles. The zero-order chi connectivity index (χ0) is 13.4. The molecule has 0 radical (unpaired) electrons. The van der Waals surface area contributed by atoms with Gasteiger partial charge in [0.1, 0.15) is 17.2 Å². The first-order valence-electron chi connectivity index (χ1n) is 6.47. The quantitative estimate of drug-likeness (QED) is 0.704. The molecule has 3 rings (SSSR count). The van der Waals surface area contributed by atoms with Crippen molar-refractivity contribution in [3.05, 3.63) is 22.9 Å². The second-order valence-corrected chi connectivity index (χ2v) is 4.68. The highest BCUT2D eigenvalue weighted by atomic mass is 16.4. The molecule has 0 aliphatic rings. The van der Waals surface area contributed by atoms with Gasteiger partial charge in [-0.15, -0.1) is 0 Å². The summed E-state index contributed by atoms with van der Waals surface area (Å²) in [6, 6.07) is 0. The monoisotopic (exact) mass is 260 g/mol. The Labute approximate surface area is 109 Å². The summed E-state index contributed by atoms with van der Waals surface area (Å²) in [4.78, 5) is 16.0. The molecule has 0 saturated heterocycles. The van der Waals surface area contributed by atoms with Gasteiger partial charge in [-0.05, 0) is 6.42 Å². The Hall–Kier alpha value is -2.24. The van der Waals surface area contributed by atoms with Gasteiger partial charge in [0.15, 0.2) is 5.65 Å². The third-order valence-electron chi connectivity index (χ3n) is 3.37. The molecule has 6 nitrogen and oxygen atoms in total. The number of anilines is 1. The van der Waals surface area contributed by atoms with Gasteiger partial charge in [-0.25, -0.2) is 9.78 Å². The molecule has 100 valence electrons. The standard InChI is InChI=1S/C13H16N4O2/c1-2-3-4-5-17-12-8(6-15-17)11(14)10-9(16-12)7-19-13(10)18/h6-7,15H,2-5,14H2,1H3. The Morgan fingerprint density at radius 3 is 3.11 bits per heavy atom. The highest BCUT2D eigenvalue weighted by Gasteiger charge is 2.14. The van der Waals surface area contributed by atoms with E-state index in [2.05, 4.69) is 17.0 Å². The van der Waals surface area contributed by atoms with Crippen LogP contribution in [0.5, 0.6) is 0 Å². The van der Waals surface area contributed by atoms with E-state index in [1.165, 1.54) is 19.1 Å². The molecule has 0 saturated carbocycles. The molecule has 0 fully saturated rings. The van der Waals surface area contributed by atoms with Crippen molar-refractivity contribution < 1.29 is 4.42 Å². The van der Waals surface area contributed by atoms with E-state index in [1.807, 2.05) is 4.68 Å². The van der Waals surface area contributed by atoms with Crippen molar-refractivity contribution in [3.63, 3.8) is 0 Å². The van der Waals surface area contributed by atoms with Crippen LogP contribution in [0.4, 0.5) is 5.69 Å². The SMILES string of the molecule is CCCCCn1[nH]cc2c(N)c3c(=O)occ3nc21. The number of hydrogen-bond acceptors (Lipinski definition) is 4. The predicted molar refractivity (Wildman–Crippen MR) is 74.1 cm³/mol. The summed E-state index contributed by atoms with van der Waals surface area (Å²) in [5, 5.41) is 4.27. The van der Waals surface area contributed by atoms with Crippen LogP contribution in [0.3, 0.4) is 0 Å². The number of furan rings is 1. The van der Waals surface area contributed by atoms with Gasteiger partial charge >= 0.3 is 5.63 Å². The number of nitrogens with two attached hydrogens (primary N) is 1. The van der Waals surface area contributed by atoms with Gasteiger partial charge in [-0.2, -0.15) is 0 Å². The lowest BCUT2D eigenvalue weighted by Gasteiger charge is -2.04. The highest BCUT2D eigenvalue weighted by molar-refractivity contribution is 6.04. The molecule has 0 atom stereocenters. The average molecular weight is 260 g/mol. The van der Waals surface area contributed by atoms with Crippen LogP contribution < -0.4 is 11.4 Å². The molecule has 0 amide bonds. The lowest BCUT2D eigenvalue weighted by molar-refractivity contribution is 0.534. The van der Waals surface area contributed by atoms with Gasteiger partial charge < -0.3 is 15.2 Å². The van der Waals surface area contributed by atoms with Gasteiger partial charge in [0.2, 0.25) is 0 Å². The van der Waals surface area contributed by atoms with E-state index < -0.39 is 5.63 Å². The van der Waals surface area contributed by atoms with E-state index in [4.69, 9.17) is 10.2 Å². The summed E-state index contributed by atoms with van der Waals surface area (Å²) in [6.07, 6.45) is 6.56. The van der Waals surface area contributed by atoms with E-state index in [9.17, 15) is 4.79 Å². The maximum Gasteiger partial charge on any atom is 0.347 e. The van der Waals surface area contributed by atoms with Crippen LogP contribution >= 0.6 is 0 Å². The molecule has 0 aliphatic carbocycles. The molecule has 0 aromatic carbocycles. The summed E-state index contributed by atoms with van der Waals surface area (Å²) >= 11 is 0. The minimum absolute atomic E-state index is 0.368. The zero-order valence-corrected chi connectivity index (χ0v) is 10.8. The fourth-order valence-corrected chi connectivity index (χ4v) is 2.33. The smallest absolute Gasteiger partial charge is 0.347 e. The third-order valence-corrected chi connectivity index (χ3v) is 3.37. The average Bonchev–Trinajstić information content (AvgIpc) is 2.96. The van der Waals surface area contributed by atoms with Crippen molar-refractivity contribution in [1.82, 2.24) is 14.8 Å². The van der Waals surface area contributed by atoms with E-state index in [0.717, 1.165) is 24.0 Å². The number of rotatable bonds is 4. The Morgan fingerprint density at radius 1 is 1.47 bits per heavy atom. The number of aromatic amines is 1. The first kappa shape index (κ1) is 11.8. The number of aromatic nitrogens is 3. The second-order valence-electron chi connectivity index (χ2n) is 4.68.